The summed E-state index contributed by atoms with van der Waals surface area (Å²) in [7, 11) is 0. The molecule has 0 saturated heterocycles. The van der Waals surface area contributed by atoms with E-state index in [2.05, 4.69) is 16.0 Å². The number of aliphatic carboxylic acids is 1. The van der Waals surface area contributed by atoms with Crippen LogP contribution in [0.3, 0.4) is 0 Å². The van der Waals surface area contributed by atoms with Gasteiger partial charge in [0.25, 0.3) is 0 Å². The monoisotopic (exact) mass is 294 g/mol. The van der Waals surface area contributed by atoms with Crippen LogP contribution in [0.25, 0.3) is 0 Å². The van der Waals surface area contributed by atoms with Crippen LogP contribution in [0.4, 0.5) is 10.5 Å². The lowest BCUT2D eigenvalue weighted by Crippen LogP contribution is -2.40. The number of primary amides is 1. The van der Waals surface area contributed by atoms with Gasteiger partial charge in [0.2, 0.25) is 11.8 Å². The van der Waals surface area contributed by atoms with E-state index in [4.69, 9.17) is 10.8 Å². The Hall–Kier alpha value is -3.10. The Kier molecular flexibility index (Phi) is 5.68. The maximum atomic E-state index is 11.5. The quantitative estimate of drug-likeness (QED) is 0.461. The summed E-state index contributed by atoms with van der Waals surface area (Å²) in [5.41, 5.74) is 5.66. The molecule has 1 aromatic carbocycles. The number of benzene rings is 1. The second-order valence-electron chi connectivity index (χ2n) is 3.92. The molecule has 0 heterocycles. The molecule has 9 heteroatoms. The van der Waals surface area contributed by atoms with Gasteiger partial charge < -0.3 is 26.8 Å². The molecule has 0 aliphatic heterocycles. The number of anilines is 1. The largest absolute Gasteiger partial charge is 0.480 e. The normalized spacial score (nSPS) is 9.52. The zero-order valence-electron chi connectivity index (χ0n) is 10.9. The standard InChI is InChI=1S/C12H14N4O5/c13-11(20)7-2-1-3-8(4-7)16-12(21)15-5-9(17)14-6-10(18)19/h1-4H,5-6H2,(H2,13,20)(H,14,17)(H,18,19)(H2,15,16,21). The van der Waals surface area contributed by atoms with Crippen molar-refractivity contribution < 1.29 is 24.3 Å². The van der Waals surface area contributed by atoms with Gasteiger partial charge in [0.1, 0.15) is 6.54 Å². The van der Waals surface area contributed by atoms with Crippen LogP contribution in [0, 0.1) is 0 Å². The number of carboxylic acids is 1. The maximum absolute atomic E-state index is 11.5. The van der Waals surface area contributed by atoms with Crippen LogP contribution in [0.5, 0.6) is 0 Å². The summed E-state index contributed by atoms with van der Waals surface area (Å²) in [6.07, 6.45) is 0. The van der Waals surface area contributed by atoms with Crippen molar-refractivity contribution in [2.45, 2.75) is 0 Å². The summed E-state index contributed by atoms with van der Waals surface area (Å²) < 4.78 is 0. The highest BCUT2D eigenvalue weighted by Crippen LogP contribution is 2.09. The van der Waals surface area contributed by atoms with E-state index >= 15 is 0 Å². The van der Waals surface area contributed by atoms with Crippen molar-refractivity contribution in [2.75, 3.05) is 18.4 Å². The van der Waals surface area contributed by atoms with Crippen LogP contribution < -0.4 is 21.7 Å². The smallest absolute Gasteiger partial charge is 0.322 e. The molecule has 0 unspecified atom stereocenters. The van der Waals surface area contributed by atoms with Crippen molar-refractivity contribution in [2.24, 2.45) is 5.73 Å². The lowest BCUT2D eigenvalue weighted by Gasteiger charge is -2.08. The Morgan fingerprint density at radius 3 is 2.43 bits per heavy atom. The van der Waals surface area contributed by atoms with E-state index in [1.54, 1.807) is 0 Å². The van der Waals surface area contributed by atoms with Crippen LogP contribution >= 0.6 is 0 Å². The van der Waals surface area contributed by atoms with Gasteiger partial charge >= 0.3 is 12.0 Å². The van der Waals surface area contributed by atoms with Crippen molar-refractivity contribution in [1.29, 1.82) is 0 Å². The van der Waals surface area contributed by atoms with Crippen molar-refractivity contribution in [3.05, 3.63) is 29.8 Å². The Bertz CT molecular complexity index is 573. The van der Waals surface area contributed by atoms with Crippen LogP contribution in [-0.2, 0) is 9.59 Å². The average molecular weight is 294 g/mol. The van der Waals surface area contributed by atoms with Gasteiger partial charge in [-0.1, -0.05) is 6.07 Å². The minimum Gasteiger partial charge on any atom is -0.480 e. The van der Waals surface area contributed by atoms with E-state index in [9.17, 15) is 19.2 Å². The van der Waals surface area contributed by atoms with E-state index in [1.165, 1.54) is 24.3 Å². The molecule has 0 atom stereocenters. The molecule has 4 amide bonds. The van der Waals surface area contributed by atoms with Gasteiger partial charge in [-0.15, -0.1) is 0 Å². The highest BCUT2D eigenvalue weighted by molar-refractivity contribution is 5.96. The van der Waals surface area contributed by atoms with Crippen LogP contribution in [-0.4, -0.2) is 42.0 Å². The Morgan fingerprint density at radius 1 is 1.10 bits per heavy atom. The molecule has 0 fully saturated rings. The van der Waals surface area contributed by atoms with Crippen LogP contribution in [0.15, 0.2) is 24.3 Å². The van der Waals surface area contributed by atoms with Crippen molar-refractivity contribution in [3.63, 3.8) is 0 Å². The zero-order chi connectivity index (χ0) is 15.8. The number of carboxylic acid groups (broad SMARTS) is 1. The topological polar surface area (TPSA) is 151 Å². The minimum absolute atomic E-state index is 0.229. The van der Waals surface area contributed by atoms with E-state index in [1.807, 2.05) is 0 Å². The summed E-state index contributed by atoms with van der Waals surface area (Å²) in [4.78, 5) is 43.9. The zero-order valence-corrected chi connectivity index (χ0v) is 10.9. The predicted octanol–water partition coefficient (Wildman–Crippen LogP) is -0.892. The van der Waals surface area contributed by atoms with Gasteiger partial charge in [-0.05, 0) is 18.2 Å². The fourth-order valence-corrected chi connectivity index (χ4v) is 1.32. The van der Waals surface area contributed by atoms with Gasteiger partial charge in [-0.3, -0.25) is 14.4 Å². The summed E-state index contributed by atoms with van der Waals surface area (Å²) in [5, 5.41) is 15.1. The highest BCUT2D eigenvalue weighted by atomic mass is 16.4. The van der Waals surface area contributed by atoms with E-state index in [0.717, 1.165) is 0 Å². The number of carbonyl (C=O) groups is 4. The molecule has 0 bridgehead atoms. The molecule has 6 N–H and O–H groups in total. The first-order valence-electron chi connectivity index (χ1n) is 5.81. The molecule has 21 heavy (non-hydrogen) atoms. The molecule has 0 aliphatic rings. The number of rotatable bonds is 6. The van der Waals surface area contributed by atoms with Gasteiger partial charge in [0.15, 0.2) is 0 Å². The van der Waals surface area contributed by atoms with Crippen molar-refractivity contribution in [1.82, 2.24) is 10.6 Å². The van der Waals surface area contributed by atoms with Crippen molar-refractivity contribution >= 4 is 29.5 Å². The number of hydrogen-bond donors (Lipinski definition) is 5. The molecule has 0 radical (unpaired) electrons. The SMILES string of the molecule is NC(=O)c1cccc(NC(=O)NCC(=O)NCC(=O)O)c1. The first-order chi connectivity index (χ1) is 9.88. The molecule has 1 rings (SSSR count). The minimum atomic E-state index is -1.18. The lowest BCUT2D eigenvalue weighted by atomic mass is 10.2. The third-order valence-corrected chi connectivity index (χ3v) is 2.25. The Morgan fingerprint density at radius 2 is 1.81 bits per heavy atom. The number of nitrogens with two attached hydrogens (primary N) is 1. The van der Waals surface area contributed by atoms with Crippen molar-refractivity contribution in [3.8, 4) is 0 Å². The second kappa shape index (κ2) is 7.48. The molecule has 0 spiro atoms. The third kappa shape index (κ3) is 6.05. The van der Waals surface area contributed by atoms with E-state index < -0.39 is 30.4 Å². The fraction of sp³-hybridized carbons (Fsp3) is 0.167. The summed E-state index contributed by atoms with van der Waals surface area (Å²) >= 11 is 0. The van der Waals surface area contributed by atoms with Gasteiger partial charge in [-0.25, -0.2) is 4.79 Å². The Labute approximate surface area is 119 Å². The van der Waals surface area contributed by atoms with Gasteiger partial charge in [0.05, 0.1) is 6.54 Å². The number of carbonyl (C=O) groups excluding carboxylic acids is 3. The Balaban J connectivity index is 2.43. The van der Waals surface area contributed by atoms with Crippen LogP contribution in [0.2, 0.25) is 0 Å². The molecule has 0 saturated carbocycles. The number of hydrogen-bond acceptors (Lipinski definition) is 4. The number of amides is 4. The van der Waals surface area contributed by atoms with Crippen LogP contribution in [0.1, 0.15) is 10.4 Å². The van der Waals surface area contributed by atoms with Gasteiger partial charge in [0, 0.05) is 11.3 Å². The molecule has 0 aromatic heterocycles. The fourth-order valence-electron chi connectivity index (χ4n) is 1.32. The summed E-state index contributed by atoms with van der Waals surface area (Å²) in [6, 6.07) is 5.27. The molecular formula is C12H14N4O5. The molecule has 9 nitrogen and oxygen atoms in total. The molecule has 112 valence electrons. The first kappa shape index (κ1) is 16.0. The highest BCUT2D eigenvalue weighted by Gasteiger charge is 2.08. The summed E-state index contributed by atoms with van der Waals surface area (Å²) in [5.74, 6) is -2.46. The van der Waals surface area contributed by atoms with E-state index in [-0.39, 0.29) is 12.1 Å². The maximum Gasteiger partial charge on any atom is 0.322 e. The molecule has 1 aromatic rings. The first-order valence-corrected chi connectivity index (χ1v) is 5.81. The summed E-state index contributed by atoms with van der Waals surface area (Å²) in [6.45, 7) is -0.905. The van der Waals surface area contributed by atoms with E-state index in [0.29, 0.717) is 5.69 Å². The number of nitrogens with one attached hydrogen (secondary N) is 3. The van der Waals surface area contributed by atoms with Gasteiger partial charge in [-0.2, -0.15) is 0 Å². The molecule has 0 aliphatic carbocycles. The number of urea groups is 1. The second-order valence-corrected chi connectivity index (χ2v) is 3.92. The molecular weight excluding hydrogens is 280 g/mol. The third-order valence-electron chi connectivity index (χ3n) is 2.25. The average Bonchev–Trinajstić information content (AvgIpc) is 2.43. The predicted molar refractivity (Wildman–Crippen MR) is 72.6 cm³/mol. The lowest BCUT2D eigenvalue weighted by molar-refractivity contribution is -0.137.